The third-order valence-electron chi connectivity index (χ3n) is 1.80. The predicted octanol–water partition coefficient (Wildman–Crippen LogP) is 1.88. The van der Waals surface area contributed by atoms with Crippen LogP contribution in [0.5, 0.6) is 5.75 Å². The summed E-state index contributed by atoms with van der Waals surface area (Å²) in [5.41, 5.74) is 0.832. The lowest BCUT2D eigenvalue weighted by Crippen LogP contribution is -2.02. The third-order valence-corrected chi connectivity index (χ3v) is 2.20. The second-order valence-corrected chi connectivity index (χ2v) is 3.01. The van der Waals surface area contributed by atoms with Gasteiger partial charge in [0.15, 0.2) is 11.6 Å². The van der Waals surface area contributed by atoms with Gasteiger partial charge in [0.1, 0.15) is 0 Å². The largest absolute Gasteiger partial charge is 0.505 e. The fraction of sp³-hybridized carbons (Fsp3) is 0.250. The van der Waals surface area contributed by atoms with Crippen molar-refractivity contribution in [2.45, 2.75) is 13.5 Å². The maximum absolute atomic E-state index is 12.9. The van der Waals surface area contributed by atoms with E-state index in [1.165, 1.54) is 0 Å². The van der Waals surface area contributed by atoms with Gasteiger partial charge in [0.05, 0.1) is 6.61 Å². The maximum atomic E-state index is 12.9. The van der Waals surface area contributed by atoms with E-state index in [0.29, 0.717) is 5.56 Å². The average Bonchev–Trinajstić information content (AvgIpc) is 2.09. The van der Waals surface area contributed by atoms with Gasteiger partial charge in [-0.15, -0.1) is 0 Å². The number of rotatable bonds is 2. The van der Waals surface area contributed by atoms with E-state index in [1.54, 1.807) is 6.92 Å². The Labute approximate surface area is 79.8 Å². The van der Waals surface area contributed by atoms with Crippen molar-refractivity contribution in [2.75, 3.05) is 0 Å². The van der Waals surface area contributed by atoms with Crippen LogP contribution in [-0.2, 0) is 11.4 Å². The van der Waals surface area contributed by atoms with E-state index in [2.05, 4.69) is 4.84 Å². The number of phenolic OH excluding ortho intramolecular Hbond substituents is 1. The molecule has 0 radical (unpaired) electrons. The number of phenols is 1. The Bertz CT molecular complexity index is 304. The quantitative estimate of drug-likeness (QED) is 0.725. The Kier molecular flexibility index (Phi) is 3.08. The highest BCUT2D eigenvalue weighted by molar-refractivity contribution is 6.31. The molecule has 0 aromatic heterocycles. The molecule has 0 saturated heterocycles. The highest BCUT2D eigenvalue weighted by Gasteiger charge is 2.13. The molecule has 3 nitrogen and oxygen atoms in total. The van der Waals surface area contributed by atoms with Gasteiger partial charge in [-0.05, 0) is 18.6 Å². The Balaban J connectivity index is 3.28. The number of hydrogen-bond acceptors (Lipinski definition) is 3. The first-order valence-corrected chi connectivity index (χ1v) is 3.93. The summed E-state index contributed by atoms with van der Waals surface area (Å²) in [6, 6.07) is 1.05. The zero-order valence-corrected chi connectivity index (χ0v) is 7.73. The maximum Gasteiger partial charge on any atom is 0.166 e. The molecule has 1 aromatic rings. The van der Waals surface area contributed by atoms with Crippen molar-refractivity contribution in [1.29, 1.82) is 0 Å². The van der Waals surface area contributed by atoms with E-state index in [4.69, 9.17) is 17.5 Å². The molecule has 0 aliphatic heterocycles. The Hall–Kier alpha value is -0.840. The van der Waals surface area contributed by atoms with Crippen molar-refractivity contribution in [1.82, 2.24) is 0 Å². The van der Waals surface area contributed by atoms with Crippen molar-refractivity contribution in [3.05, 3.63) is 28.0 Å². The molecule has 1 aromatic carbocycles. The summed E-state index contributed by atoms with van der Waals surface area (Å²) < 4.78 is 12.9. The topological polar surface area (TPSA) is 55.5 Å². The molecular formula is C8H9ClFNO2. The molecule has 0 amide bonds. The Morgan fingerprint density at radius 3 is 2.85 bits per heavy atom. The van der Waals surface area contributed by atoms with E-state index in [9.17, 15) is 9.50 Å². The lowest BCUT2D eigenvalue weighted by atomic mass is 10.1. The van der Waals surface area contributed by atoms with E-state index in [-0.39, 0.29) is 17.2 Å². The molecule has 0 aliphatic rings. The van der Waals surface area contributed by atoms with Crippen LogP contribution in [0.3, 0.4) is 0 Å². The minimum atomic E-state index is -0.775. The minimum absolute atomic E-state index is 0.0743. The van der Waals surface area contributed by atoms with Crippen LogP contribution in [0.2, 0.25) is 5.02 Å². The van der Waals surface area contributed by atoms with Gasteiger partial charge in [-0.25, -0.2) is 10.3 Å². The van der Waals surface area contributed by atoms with E-state index in [0.717, 1.165) is 6.07 Å². The summed E-state index contributed by atoms with van der Waals surface area (Å²) in [6.45, 7) is 1.57. The molecule has 72 valence electrons. The first-order chi connectivity index (χ1) is 6.07. The summed E-state index contributed by atoms with van der Waals surface area (Å²) >= 11 is 5.68. The molecule has 0 bridgehead atoms. The SMILES string of the molecule is Cc1c(Cl)cc(F)c(O)c1CON. The highest BCUT2D eigenvalue weighted by atomic mass is 35.5. The summed E-state index contributed by atoms with van der Waals surface area (Å²) in [7, 11) is 0. The van der Waals surface area contributed by atoms with Crippen LogP contribution in [0, 0.1) is 12.7 Å². The monoisotopic (exact) mass is 205 g/mol. The van der Waals surface area contributed by atoms with Crippen LogP contribution in [-0.4, -0.2) is 5.11 Å². The van der Waals surface area contributed by atoms with Crippen molar-refractivity contribution in [3.8, 4) is 5.75 Å². The predicted molar refractivity (Wildman–Crippen MR) is 46.8 cm³/mol. The molecule has 0 spiro atoms. The van der Waals surface area contributed by atoms with Gasteiger partial charge in [0, 0.05) is 10.6 Å². The third kappa shape index (κ3) is 1.91. The normalized spacial score (nSPS) is 10.5. The van der Waals surface area contributed by atoms with Crippen LogP contribution in [0.25, 0.3) is 0 Å². The van der Waals surface area contributed by atoms with Crippen molar-refractivity contribution >= 4 is 11.6 Å². The van der Waals surface area contributed by atoms with Gasteiger partial charge in [0.2, 0.25) is 0 Å². The molecule has 0 unspecified atom stereocenters. The van der Waals surface area contributed by atoms with Crippen LogP contribution >= 0.6 is 11.6 Å². The lowest BCUT2D eigenvalue weighted by Gasteiger charge is -2.09. The van der Waals surface area contributed by atoms with Gasteiger partial charge >= 0.3 is 0 Å². The number of aromatic hydroxyl groups is 1. The standard InChI is InChI=1S/C8H9ClFNO2/c1-4-5(3-13-11)8(12)7(10)2-6(4)9/h2,12H,3,11H2,1H3. The second kappa shape index (κ2) is 3.91. The lowest BCUT2D eigenvalue weighted by molar-refractivity contribution is 0.121. The van der Waals surface area contributed by atoms with Gasteiger partial charge in [-0.2, -0.15) is 0 Å². The fourth-order valence-corrected chi connectivity index (χ4v) is 1.22. The van der Waals surface area contributed by atoms with Crippen molar-refractivity contribution in [3.63, 3.8) is 0 Å². The molecule has 0 saturated carbocycles. The van der Waals surface area contributed by atoms with Gasteiger partial charge in [-0.1, -0.05) is 11.6 Å². The van der Waals surface area contributed by atoms with Crippen molar-refractivity contribution in [2.24, 2.45) is 5.90 Å². The first-order valence-electron chi connectivity index (χ1n) is 3.56. The number of halogens is 2. The molecule has 0 heterocycles. The Morgan fingerprint density at radius 1 is 1.69 bits per heavy atom. The zero-order chi connectivity index (χ0) is 10.0. The number of benzene rings is 1. The summed E-state index contributed by atoms with van der Waals surface area (Å²) in [6.07, 6.45) is 0. The smallest absolute Gasteiger partial charge is 0.166 e. The molecule has 5 heteroatoms. The number of hydrogen-bond donors (Lipinski definition) is 2. The minimum Gasteiger partial charge on any atom is -0.505 e. The second-order valence-electron chi connectivity index (χ2n) is 2.60. The molecule has 0 atom stereocenters. The van der Waals surface area contributed by atoms with E-state index >= 15 is 0 Å². The summed E-state index contributed by atoms with van der Waals surface area (Å²) in [5, 5.41) is 9.50. The van der Waals surface area contributed by atoms with Gasteiger partial charge in [0.25, 0.3) is 0 Å². The molecular weight excluding hydrogens is 197 g/mol. The van der Waals surface area contributed by atoms with Crippen molar-refractivity contribution < 1.29 is 14.3 Å². The molecule has 13 heavy (non-hydrogen) atoms. The van der Waals surface area contributed by atoms with E-state index in [1.807, 2.05) is 0 Å². The Morgan fingerprint density at radius 2 is 2.31 bits per heavy atom. The van der Waals surface area contributed by atoms with Crippen LogP contribution < -0.4 is 5.90 Å². The summed E-state index contributed by atoms with van der Waals surface area (Å²) in [5.74, 6) is 3.58. The van der Waals surface area contributed by atoms with Crippen LogP contribution in [0.15, 0.2) is 6.07 Å². The highest BCUT2D eigenvalue weighted by Crippen LogP contribution is 2.30. The van der Waals surface area contributed by atoms with Crippen LogP contribution in [0.1, 0.15) is 11.1 Å². The molecule has 0 fully saturated rings. The molecule has 0 aliphatic carbocycles. The fourth-order valence-electron chi connectivity index (χ4n) is 1.01. The first kappa shape index (κ1) is 10.2. The van der Waals surface area contributed by atoms with Crippen LogP contribution in [0.4, 0.5) is 4.39 Å². The zero-order valence-electron chi connectivity index (χ0n) is 6.97. The van der Waals surface area contributed by atoms with Gasteiger partial charge < -0.3 is 5.11 Å². The molecule has 3 N–H and O–H groups in total. The van der Waals surface area contributed by atoms with Gasteiger partial charge in [-0.3, -0.25) is 4.84 Å². The number of nitrogens with two attached hydrogens (primary N) is 1. The molecule has 1 rings (SSSR count). The van der Waals surface area contributed by atoms with E-state index < -0.39 is 11.6 Å². The summed E-state index contributed by atoms with van der Waals surface area (Å²) in [4.78, 5) is 4.31. The average molecular weight is 206 g/mol.